The summed E-state index contributed by atoms with van der Waals surface area (Å²) in [4.78, 5) is 0. The molecule has 1 unspecified atom stereocenters. The highest BCUT2D eigenvalue weighted by molar-refractivity contribution is 6.30. The molecule has 100 valence electrons. The predicted molar refractivity (Wildman–Crippen MR) is 79.0 cm³/mol. The van der Waals surface area contributed by atoms with Crippen LogP contribution in [-0.2, 0) is 0 Å². The summed E-state index contributed by atoms with van der Waals surface area (Å²) in [5.41, 5.74) is 1.32. The fraction of sp³-hybridized carbons (Fsp3) is 0.625. The summed E-state index contributed by atoms with van der Waals surface area (Å²) in [5.74, 6) is 0.911. The molecule has 0 aromatic heterocycles. The average Bonchev–Trinajstić information content (AvgIpc) is 2.38. The Morgan fingerprint density at radius 1 is 1.28 bits per heavy atom. The third kappa shape index (κ3) is 3.73. The van der Waals surface area contributed by atoms with E-state index in [0.717, 1.165) is 17.4 Å². The third-order valence-corrected chi connectivity index (χ3v) is 4.35. The molecule has 18 heavy (non-hydrogen) atoms. The Balaban J connectivity index is 1.97. The van der Waals surface area contributed by atoms with Gasteiger partial charge in [-0.2, -0.15) is 0 Å². The number of benzene rings is 1. The van der Waals surface area contributed by atoms with Crippen LogP contribution in [0.3, 0.4) is 0 Å². The Morgan fingerprint density at radius 2 is 2.00 bits per heavy atom. The highest BCUT2D eigenvalue weighted by Gasteiger charge is 2.21. The molecule has 1 aromatic rings. The van der Waals surface area contributed by atoms with E-state index in [4.69, 9.17) is 11.6 Å². The lowest BCUT2D eigenvalue weighted by Crippen LogP contribution is -2.35. The third-order valence-electron chi connectivity index (χ3n) is 4.11. The molecule has 0 aliphatic heterocycles. The summed E-state index contributed by atoms with van der Waals surface area (Å²) in [6, 6.07) is 9.39. The van der Waals surface area contributed by atoms with Crippen molar-refractivity contribution >= 4 is 11.6 Å². The van der Waals surface area contributed by atoms with Crippen molar-refractivity contribution in [3.63, 3.8) is 0 Å². The topological polar surface area (TPSA) is 12.0 Å². The molecule has 1 aromatic carbocycles. The fourth-order valence-corrected chi connectivity index (χ4v) is 3.08. The lowest BCUT2D eigenvalue weighted by molar-refractivity contribution is 0.284. The maximum Gasteiger partial charge on any atom is 0.0409 e. The van der Waals surface area contributed by atoms with E-state index in [1.165, 1.54) is 31.2 Å². The number of hydrogen-bond acceptors (Lipinski definition) is 1. The first-order valence-corrected chi connectivity index (χ1v) is 7.58. The van der Waals surface area contributed by atoms with E-state index in [1.807, 2.05) is 12.1 Å². The number of rotatable bonds is 4. The Kier molecular flexibility index (Phi) is 5.08. The summed E-state index contributed by atoms with van der Waals surface area (Å²) in [6.07, 6.45) is 6.48. The fourth-order valence-electron chi connectivity index (χ4n) is 2.88. The minimum absolute atomic E-state index is 0.446. The van der Waals surface area contributed by atoms with Gasteiger partial charge in [-0.1, -0.05) is 37.6 Å². The van der Waals surface area contributed by atoms with E-state index in [1.54, 1.807) is 0 Å². The molecule has 1 N–H and O–H groups in total. The minimum Gasteiger partial charge on any atom is -0.307 e. The lowest BCUT2D eigenvalue weighted by atomic mass is 9.86. The molecule has 1 nitrogen and oxygen atoms in total. The van der Waals surface area contributed by atoms with Crippen LogP contribution in [-0.4, -0.2) is 6.04 Å². The van der Waals surface area contributed by atoms with E-state index >= 15 is 0 Å². The second-order valence-electron chi connectivity index (χ2n) is 5.64. The maximum atomic E-state index is 6.08. The molecular formula is C16H24ClN. The van der Waals surface area contributed by atoms with Crippen molar-refractivity contribution in [2.75, 3.05) is 0 Å². The molecule has 0 radical (unpaired) electrons. The second-order valence-corrected chi connectivity index (χ2v) is 6.08. The molecule has 0 bridgehead atoms. The SMILES string of the molecule is CCC(NC1CCC(C)CC1)c1cccc(Cl)c1. The molecule has 1 aliphatic carbocycles. The monoisotopic (exact) mass is 265 g/mol. The van der Waals surface area contributed by atoms with Gasteiger partial charge in [-0.3, -0.25) is 0 Å². The lowest BCUT2D eigenvalue weighted by Gasteiger charge is -2.31. The molecule has 0 saturated heterocycles. The van der Waals surface area contributed by atoms with Gasteiger partial charge in [-0.05, 0) is 55.7 Å². The van der Waals surface area contributed by atoms with Gasteiger partial charge < -0.3 is 5.32 Å². The maximum absolute atomic E-state index is 6.08. The molecule has 1 atom stereocenters. The van der Waals surface area contributed by atoms with Crippen LogP contribution in [0, 0.1) is 5.92 Å². The highest BCUT2D eigenvalue weighted by Crippen LogP contribution is 2.27. The van der Waals surface area contributed by atoms with Gasteiger partial charge in [0, 0.05) is 17.1 Å². The zero-order valence-electron chi connectivity index (χ0n) is 11.5. The van der Waals surface area contributed by atoms with Crippen molar-refractivity contribution in [2.45, 2.75) is 58.0 Å². The number of halogens is 1. The van der Waals surface area contributed by atoms with Gasteiger partial charge in [-0.25, -0.2) is 0 Å². The Labute approximate surface area is 116 Å². The number of nitrogens with one attached hydrogen (secondary N) is 1. The first kappa shape index (κ1) is 13.9. The van der Waals surface area contributed by atoms with Crippen molar-refractivity contribution in [2.24, 2.45) is 5.92 Å². The standard InChI is InChI=1S/C16H24ClN/c1-3-16(13-5-4-6-14(17)11-13)18-15-9-7-12(2)8-10-15/h4-6,11-12,15-16,18H,3,7-10H2,1-2H3. The van der Waals surface area contributed by atoms with Crippen LogP contribution in [0.2, 0.25) is 5.02 Å². The van der Waals surface area contributed by atoms with Gasteiger partial charge >= 0.3 is 0 Å². The van der Waals surface area contributed by atoms with Gasteiger partial charge in [0.25, 0.3) is 0 Å². The number of hydrogen-bond donors (Lipinski definition) is 1. The zero-order valence-corrected chi connectivity index (χ0v) is 12.2. The van der Waals surface area contributed by atoms with Crippen molar-refractivity contribution in [3.8, 4) is 0 Å². The van der Waals surface area contributed by atoms with Crippen LogP contribution in [0.1, 0.15) is 57.6 Å². The molecular weight excluding hydrogens is 242 g/mol. The van der Waals surface area contributed by atoms with E-state index < -0.39 is 0 Å². The molecule has 2 rings (SSSR count). The molecule has 0 spiro atoms. The van der Waals surface area contributed by atoms with Crippen molar-refractivity contribution in [3.05, 3.63) is 34.9 Å². The van der Waals surface area contributed by atoms with Crippen molar-refractivity contribution in [1.29, 1.82) is 0 Å². The van der Waals surface area contributed by atoms with Crippen LogP contribution in [0.15, 0.2) is 24.3 Å². The van der Waals surface area contributed by atoms with Crippen molar-refractivity contribution in [1.82, 2.24) is 5.32 Å². The largest absolute Gasteiger partial charge is 0.307 e. The summed E-state index contributed by atoms with van der Waals surface area (Å²) >= 11 is 6.08. The van der Waals surface area contributed by atoms with Gasteiger partial charge in [-0.15, -0.1) is 0 Å². The van der Waals surface area contributed by atoms with Gasteiger partial charge in [0.1, 0.15) is 0 Å². The van der Waals surface area contributed by atoms with Crippen LogP contribution >= 0.6 is 11.6 Å². The quantitative estimate of drug-likeness (QED) is 0.811. The molecule has 1 saturated carbocycles. The van der Waals surface area contributed by atoms with E-state index in [9.17, 15) is 0 Å². The molecule has 0 amide bonds. The van der Waals surface area contributed by atoms with Crippen molar-refractivity contribution < 1.29 is 0 Å². The first-order chi connectivity index (χ1) is 8.69. The first-order valence-electron chi connectivity index (χ1n) is 7.20. The van der Waals surface area contributed by atoms with Crippen LogP contribution in [0.5, 0.6) is 0 Å². The summed E-state index contributed by atoms with van der Waals surface area (Å²) < 4.78 is 0. The normalized spacial score (nSPS) is 25.9. The molecule has 1 fully saturated rings. The average molecular weight is 266 g/mol. The van der Waals surface area contributed by atoms with Gasteiger partial charge in [0.05, 0.1) is 0 Å². The minimum atomic E-state index is 0.446. The zero-order chi connectivity index (χ0) is 13.0. The van der Waals surface area contributed by atoms with E-state index in [0.29, 0.717) is 12.1 Å². The summed E-state index contributed by atoms with van der Waals surface area (Å²) in [6.45, 7) is 4.61. The van der Waals surface area contributed by atoms with Crippen LogP contribution in [0.4, 0.5) is 0 Å². The van der Waals surface area contributed by atoms with Crippen LogP contribution < -0.4 is 5.32 Å². The van der Waals surface area contributed by atoms with E-state index in [-0.39, 0.29) is 0 Å². The van der Waals surface area contributed by atoms with Crippen LogP contribution in [0.25, 0.3) is 0 Å². The smallest absolute Gasteiger partial charge is 0.0409 e. The Bertz CT molecular complexity index is 369. The van der Waals surface area contributed by atoms with E-state index in [2.05, 4.69) is 31.3 Å². The Morgan fingerprint density at radius 3 is 2.61 bits per heavy atom. The summed E-state index contributed by atoms with van der Waals surface area (Å²) in [5, 5.41) is 4.65. The summed E-state index contributed by atoms with van der Waals surface area (Å²) in [7, 11) is 0. The predicted octanol–water partition coefficient (Wildman–Crippen LogP) is 4.96. The molecule has 1 aliphatic rings. The second kappa shape index (κ2) is 6.58. The molecule has 2 heteroatoms. The Hall–Kier alpha value is -0.530. The molecule has 0 heterocycles. The van der Waals surface area contributed by atoms with Gasteiger partial charge in [0.15, 0.2) is 0 Å². The highest BCUT2D eigenvalue weighted by atomic mass is 35.5. The van der Waals surface area contributed by atoms with Gasteiger partial charge in [0.2, 0.25) is 0 Å².